The van der Waals surface area contributed by atoms with Crippen molar-refractivity contribution in [1.29, 1.82) is 0 Å². The first-order valence-corrected chi connectivity index (χ1v) is 7.26. The van der Waals surface area contributed by atoms with Crippen molar-refractivity contribution < 1.29 is 9.90 Å². The highest BCUT2D eigenvalue weighted by molar-refractivity contribution is 7.99. The monoisotopic (exact) mass is 278 g/mol. The molecule has 0 aliphatic carbocycles. The van der Waals surface area contributed by atoms with Gasteiger partial charge in [-0.2, -0.15) is 11.8 Å². The molecule has 1 aromatic rings. The van der Waals surface area contributed by atoms with E-state index in [9.17, 15) is 4.79 Å². The molecule has 4 nitrogen and oxygen atoms in total. The summed E-state index contributed by atoms with van der Waals surface area (Å²) < 4.78 is 0. The van der Waals surface area contributed by atoms with E-state index in [0.29, 0.717) is 11.1 Å². The van der Waals surface area contributed by atoms with E-state index < -0.39 is 0 Å². The van der Waals surface area contributed by atoms with E-state index in [1.165, 1.54) is 6.20 Å². The molecule has 0 bridgehead atoms. The molecule has 1 amide bonds. The molecule has 1 unspecified atom stereocenters. The maximum absolute atomic E-state index is 12.1. The predicted octanol–water partition coefficient (Wildman–Crippen LogP) is 1.30. The number of carbonyl (C=O) groups excluding carboxylic acids is 1. The maximum Gasteiger partial charge on any atom is 0.252 e. The number of aliphatic hydroxyl groups is 1. The van der Waals surface area contributed by atoms with E-state index in [0.717, 1.165) is 11.5 Å². The van der Waals surface area contributed by atoms with Crippen LogP contribution in [0.15, 0.2) is 18.5 Å². The molecule has 0 aliphatic heterocycles. The molecule has 0 aromatic carbocycles. The third-order valence-corrected chi connectivity index (χ3v) is 3.46. The Labute approximate surface area is 118 Å². The Morgan fingerprint density at radius 2 is 2.42 bits per heavy atom. The standard InChI is InChI=1S/C14H18N2O2S/c1-3-19-10-11(2)16-14(18)13-6-7-15-9-12(13)5-4-8-17/h6-7,9,11,17H,3,8,10H2,1-2H3,(H,16,18). The van der Waals surface area contributed by atoms with Crippen LogP contribution in [0, 0.1) is 11.8 Å². The molecule has 2 N–H and O–H groups in total. The van der Waals surface area contributed by atoms with Crippen LogP contribution in [0.2, 0.25) is 0 Å². The fraction of sp³-hybridized carbons (Fsp3) is 0.429. The first-order valence-electron chi connectivity index (χ1n) is 6.11. The van der Waals surface area contributed by atoms with Crippen molar-refractivity contribution in [3.05, 3.63) is 29.6 Å². The van der Waals surface area contributed by atoms with E-state index in [2.05, 4.69) is 29.1 Å². The van der Waals surface area contributed by atoms with Crippen LogP contribution in [0.4, 0.5) is 0 Å². The second-order valence-electron chi connectivity index (χ2n) is 3.92. The predicted molar refractivity (Wildman–Crippen MR) is 78.1 cm³/mol. The van der Waals surface area contributed by atoms with Gasteiger partial charge in [-0.3, -0.25) is 9.78 Å². The minimum absolute atomic E-state index is 0.101. The number of aliphatic hydroxyl groups excluding tert-OH is 1. The Hall–Kier alpha value is -1.51. The number of nitrogens with one attached hydrogen (secondary N) is 1. The molecule has 19 heavy (non-hydrogen) atoms. The van der Waals surface area contributed by atoms with Crippen molar-refractivity contribution in [3.8, 4) is 11.8 Å². The molecule has 0 radical (unpaired) electrons. The topological polar surface area (TPSA) is 62.2 Å². The van der Waals surface area contributed by atoms with Gasteiger partial charge in [0.15, 0.2) is 0 Å². The van der Waals surface area contributed by atoms with E-state index in [1.807, 2.05) is 6.92 Å². The minimum Gasteiger partial charge on any atom is -0.384 e. The molecule has 1 rings (SSSR count). The van der Waals surface area contributed by atoms with Crippen molar-refractivity contribution in [2.24, 2.45) is 0 Å². The third-order valence-electron chi connectivity index (χ3n) is 2.32. The van der Waals surface area contributed by atoms with Crippen molar-refractivity contribution >= 4 is 17.7 Å². The van der Waals surface area contributed by atoms with Gasteiger partial charge in [0.25, 0.3) is 5.91 Å². The summed E-state index contributed by atoms with van der Waals surface area (Å²) in [5.74, 6) is 7.01. The second-order valence-corrected chi connectivity index (χ2v) is 5.23. The Morgan fingerprint density at radius 1 is 1.63 bits per heavy atom. The van der Waals surface area contributed by atoms with E-state index in [1.54, 1.807) is 24.0 Å². The third kappa shape index (κ3) is 5.33. The zero-order chi connectivity index (χ0) is 14.1. The number of aromatic nitrogens is 1. The van der Waals surface area contributed by atoms with Gasteiger partial charge in [0, 0.05) is 24.2 Å². The quantitative estimate of drug-likeness (QED) is 0.797. The van der Waals surface area contributed by atoms with Gasteiger partial charge < -0.3 is 10.4 Å². The number of nitrogens with zero attached hydrogens (tertiary/aromatic N) is 1. The Balaban J connectivity index is 2.76. The Bertz CT molecular complexity index is 480. The highest BCUT2D eigenvalue weighted by atomic mass is 32.2. The summed E-state index contributed by atoms with van der Waals surface area (Å²) in [5, 5.41) is 11.6. The van der Waals surface area contributed by atoms with E-state index in [-0.39, 0.29) is 18.6 Å². The summed E-state index contributed by atoms with van der Waals surface area (Å²) in [7, 11) is 0. The summed E-state index contributed by atoms with van der Waals surface area (Å²) >= 11 is 1.78. The van der Waals surface area contributed by atoms with Gasteiger partial charge in [0.1, 0.15) is 6.61 Å². The van der Waals surface area contributed by atoms with Gasteiger partial charge in [0.05, 0.1) is 11.1 Å². The number of thioether (sulfide) groups is 1. The highest BCUT2D eigenvalue weighted by Gasteiger charge is 2.12. The number of hydrogen-bond donors (Lipinski definition) is 2. The molecule has 102 valence electrons. The summed E-state index contributed by atoms with van der Waals surface area (Å²) in [4.78, 5) is 16.1. The average Bonchev–Trinajstić information content (AvgIpc) is 2.43. The van der Waals surface area contributed by atoms with Crippen molar-refractivity contribution in [3.63, 3.8) is 0 Å². The molecule has 0 spiro atoms. The molecular formula is C14H18N2O2S. The van der Waals surface area contributed by atoms with Crippen LogP contribution in [-0.2, 0) is 0 Å². The van der Waals surface area contributed by atoms with Crippen LogP contribution in [0.25, 0.3) is 0 Å². The summed E-state index contributed by atoms with van der Waals surface area (Å²) in [6.45, 7) is 3.82. The zero-order valence-corrected chi connectivity index (χ0v) is 12.0. The second kappa shape index (κ2) is 8.57. The van der Waals surface area contributed by atoms with Gasteiger partial charge in [0.2, 0.25) is 0 Å². The van der Waals surface area contributed by atoms with Crippen molar-refractivity contribution in [2.75, 3.05) is 18.1 Å². The number of amides is 1. The Kier molecular flexibility index (Phi) is 7.01. The number of hydrogen-bond acceptors (Lipinski definition) is 4. The average molecular weight is 278 g/mol. The fourth-order valence-electron chi connectivity index (χ4n) is 1.46. The van der Waals surface area contributed by atoms with Crippen molar-refractivity contribution in [2.45, 2.75) is 19.9 Å². The lowest BCUT2D eigenvalue weighted by Crippen LogP contribution is -2.34. The van der Waals surface area contributed by atoms with Gasteiger partial charge in [-0.15, -0.1) is 0 Å². The SMILES string of the molecule is CCSCC(C)NC(=O)c1ccncc1C#CCO. The van der Waals surface area contributed by atoms with Gasteiger partial charge >= 0.3 is 0 Å². The number of pyridine rings is 1. The molecular weight excluding hydrogens is 260 g/mol. The summed E-state index contributed by atoms with van der Waals surface area (Å²) in [6.07, 6.45) is 3.09. The van der Waals surface area contributed by atoms with Gasteiger partial charge in [-0.25, -0.2) is 0 Å². The van der Waals surface area contributed by atoms with Crippen LogP contribution in [0.3, 0.4) is 0 Å². The number of rotatable bonds is 5. The number of carbonyl (C=O) groups is 1. The first-order chi connectivity index (χ1) is 9.19. The van der Waals surface area contributed by atoms with Crippen LogP contribution in [-0.4, -0.2) is 40.2 Å². The molecule has 0 saturated heterocycles. The van der Waals surface area contributed by atoms with E-state index >= 15 is 0 Å². The highest BCUT2D eigenvalue weighted by Crippen LogP contribution is 2.07. The molecule has 1 heterocycles. The normalized spacial score (nSPS) is 11.3. The molecule has 0 saturated carbocycles. The molecule has 5 heteroatoms. The maximum atomic E-state index is 12.1. The fourth-order valence-corrected chi connectivity index (χ4v) is 2.14. The molecule has 1 aromatic heterocycles. The van der Waals surface area contributed by atoms with Crippen LogP contribution in [0.1, 0.15) is 29.8 Å². The summed E-state index contributed by atoms with van der Waals surface area (Å²) in [6, 6.07) is 1.74. The van der Waals surface area contributed by atoms with Crippen molar-refractivity contribution in [1.82, 2.24) is 10.3 Å². The largest absolute Gasteiger partial charge is 0.384 e. The van der Waals surface area contributed by atoms with Crippen LogP contribution in [0.5, 0.6) is 0 Å². The molecule has 0 fully saturated rings. The Morgan fingerprint density at radius 3 is 3.11 bits per heavy atom. The smallest absolute Gasteiger partial charge is 0.252 e. The van der Waals surface area contributed by atoms with E-state index in [4.69, 9.17) is 5.11 Å². The molecule has 0 aliphatic rings. The minimum atomic E-state index is -0.237. The lowest BCUT2D eigenvalue weighted by atomic mass is 10.1. The zero-order valence-electron chi connectivity index (χ0n) is 11.1. The first kappa shape index (κ1) is 15.5. The lowest BCUT2D eigenvalue weighted by Gasteiger charge is -2.13. The molecule has 1 atom stereocenters. The van der Waals surface area contributed by atoms with Crippen LogP contribution >= 0.6 is 11.8 Å². The van der Waals surface area contributed by atoms with Gasteiger partial charge in [-0.05, 0) is 18.7 Å². The lowest BCUT2D eigenvalue weighted by molar-refractivity contribution is 0.0943. The van der Waals surface area contributed by atoms with Gasteiger partial charge in [-0.1, -0.05) is 18.8 Å². The summed E-state index contributed by atoms with van der Waals surface area (Å²) in [5.41, 5.74) is 1.02. The van der Waals surface area contributed by atoms with Crippen LogP contribution < -0.4 is 5.32 Å².